The molecule has 6 rings (SSSR count). The van der Waals surface area contributed by atoms with Crippen molar-refractivity contribution in [3.8, 4) is 0 Å². The summed E-state index contributed by atoms with van der Waals surface area (Å²) in [5.74, 6) is 0.447. The standard InChI is InChI=1S/C32H39N5O3/c1-5-40-31(38)27-21-32(4,23-10-12-24(13-11-23)36-16-18-39-19-17-36)28-29(22(2)3)34-37(30(28)33-27)26-9-6-8-25(20-26)35-14-7-15-35/h6,8-13,20-22,28H,5,7,14-19H2,1-4H3. The Morgan fingerprint density at radius 1 is 1.02 bits per heavy atom. The SMILES string of the molecule is CCOC(=O)C1=CC(C)(c2ccc(N3CCOCC3)cc2)C2C(C(C)C)=NN(c3cccc(N4CCC4)c3)C2=N1. The van der Waals surface area contributed by atoms with Crippen LogP contribution in [0.1, 0.15) is 39.7 Å². The first-order chi connectivity index (χ1) is 19.4. The van der Waals surface area contributed by atoms with Crippen molar-refractivity contribution in [2.45, 2.75) is 39.5 Å². The lowest BCUT2D eigenvalue weighted by atomic mass is 9.66. The highest BCUT2D eigenvalue weighted by molar-refractivity contribution is 6.21. The smallest absolute Gasteiger partial charge is 0.356 e. The molecule has 40 heavy (non-hydrogen) atoms. The quantitative estimate of drug-likeness (QED) is 0.460. The maximum absolute atomic E-state index is 13.1. The fraction of sp³-hybridized carbons (Fsp3) is 0.469. The molecule has 4 aliphatic heterocycles. The summed E-state index contributed by atoms with van der Waals surface area (Å²) in [5.41, 5.74) is 5.29. The number of morpholine rings is 1. The number of nitrogens with zero attached hydrogens (tertiary/aromatic N) is 5. The Morgan fingerprint density at radius 2 is 1.73 bits per heavy atom. The van der Waals surface area contributed by atoms with Gasteiger partial charge in [-0.15, -0.1) is 0 Å². The predicted molar refractivity (Wildman–Crippen MR) is 160 cm³/mol. The van der Waals surface area contributed by atoms with E-state index in [9.17, 15) is 4.79 Å². The molecule has 2 aromatic rings. The van der Waals surface area contributed by atoms with E-state index in [2.05, 4.69) is 79.1 Å². The van der Waals surface area contributed by atoms with Gasteiger partial charge in [0, 0.05) is 43.0 Å². The van der Waals surface area contributed by atoms with Gasteiger partial charge in [-0.25, -0.2) is 14.8 Å². The van der Waals surface area contributed by atoms with Gasteiger partial charge in [-0.3, -0.25) is 0 Å². The van der Waals surface area contributed by atoms with Gasteiger partial charge in [-0.2, -0.15) is 5.10 Å². The van der Waals surface area contributed by atoms with E-state index in [1.165, 1.54) is 17.8 Å². The van der Waals surface area contributed by atoms with Gasteiger partial charge >= 0.3 is 5.97 Å². The Morgan fingerprint density at radius 3 is 2.38 bits per heavy atom. The number of allylic oxidation sites excluding steroid dienone is 1. The monoisotopic (exact) mass is 541 g/mol. The first kappa shape index (κ1) is 26.6. The maximum atomic E-state index is 13.1. The van der Waals surface area contributed by atoms with Crippen LogP contribution in [-0.4, -0.2) is 63.5 Å². The molecule has 0 radical (unpaired) electrons. The molecule has 0 bridgehead atoms. The third-order valence-electron chi connectivity index (χ3n) is 8.49. The summed E-state index contributed by atoms with van der Waals surface area (Å²) < 4.78 is 11.0. The van der Waals surface area contributed by atoms with Gasteiger partial charge in [0.15, 0.2) is 0 Å². The van der Waals surface area contributed by atoms with Crippen molar-refractivity contribution in [2.75, 3.05) is 60.8 Å². The van der Waals surface area contributed by atoms with Crippen molar-refractivity contribution < 1.29 is 14.3 Å². The second-order valence-electron chi connectivity index (χ2n) is 11.4. The Labute approximate surface area is 237 Å². The van der Waals surface area contributed by atoms with Gasteiger partial charge in [-0.05, 0) is 61.2 Å². The first-order valence-electron chi connectivity index (χ1n) is 14.5. The van der Waals surface area contributed by atoms with Crippen molar-refractivity contribution in [1.29, 1.82) is 0 Å². The second kappa shape index (κ2) is 10.7. The summed E-state index contributed by atoms with van der Waals surface area (Å²) >= 11 is 0. The van der Waals surface area contributed by atoms with Crippen LogP contribution in [0.5, 0.6) is 0 Å². The number of anilines is 3. The van der Waals surface area contributed by atoms with Crippen molar-refractivity contribution in [3.05, 3.63) is 65.9 Å². The van der Waals surface area contributed by atoms with E-state index in [1.807, 2.05) is 18.0 Å². The Balaban J connectivity index is 1.43. The number of rotatable bonds is 7. The lowest BCUT2D eigenvalue weighted by Gasteiger charge is -2.39. The van der Waals surface area contributed by atoms with Gasteiger partial charge < -0.3 is 19.3 Å². The number of ether oxygens (including phenoxy) is 2. The topological polar surface area (TPSA) is 70.0 Å². The molecule has 2 saturated heterocycles. The number of hydrogen-bond acceptors (Lipinski definition) is 8. The normalized spacial score (nSPS) is 24.3. The van der Waals surface area contributed by atoms with E-state index in [0.717, 1.165) is 62.2 Å². The number of hydrogen-bond donors (Lipinski definition) is 0. The molecule has 2 fully saturated rings. The number of esters is 1. The van der Waals surface area contributed by atoms with Crippen molar-refractivity contribution in [3.63, 3.8) is 0 Å². The molecule has 2 atom stereocenters. The average Bonchev–Trinajstić information content (AvgIpc) is 3.34. The lowest BCUT2D eigenvalue weighted by Crippen LogP contribution is -2.45. The zero-order valence-electron chi connectivity index (χ0n) is 24.0. The minimum Gasteiger partial charge on any atom is -0.461 e. The fourth-order valence-electron chi connectivity index (χ4n) is 6.14. The van der Waals surface area contributed by atoms with Gasteiger partial charge in [0.1, 0.15) is 11.5 Å². The fourth-order valence-corrected chi connectivity index (χ4v) is 6.14. The first-order valence-corrected chi connectivity index (χ1v) is 14.5. The molecule has 4 aliphatic rings. The van der Waals surface area contributed by atoms with Crippen LogP contribution in [0, 0.1) is 11.8 Å². The zero-order chi connectivity index (χ0) is 27.9. The lowest BCUT2D eigenvalue weighted by molar-refractivity contribution is -0.138. The van der Waals surface area contributed by atoms with Gasteiger partial charge in [0.05, 0.1) is 37.1 Å². The van der Waals surface area contributed by atoms with Crippen LogP contribution in [-0.2, 0) is 19.7 Å². The number of benzene rings is 2. The summed E-state index contributed by atoms with van der Waals surface area (Å²) in [6, 6.07) is 17.2. The Hall–Kier alpha value is -3.65. The number of fused-ring (bicyclic) bond motifs is 1. The van der Waals surface area contributed by atoms with Crippen LogP contribution >= 0.6 is 0 Å². The third kappa shape index (κ3) is 4.68. The molecule has 0 spiro atoms. The van der Waals surface area contributed by atoms with Crippen LogP contribution in [0.25, 0.3) is 0 Å². The van der Waals surface area contributed by atoms with Crippen LogP contribution in [0.15, 0.2) is 70.4 Å². The summed E-state index contributed by atoms with van der Waals surface area (Å²) in [5, 5.41) is 7.15. The molecule has 2 unspecified atom stereocenters. The van der Waals surface area contributed by atoms with E-state index in [-0.39, 0.29) is 11.8 Å². The van der Waals surface area contributed by atoms with Crippen molar-refractivity contribution in [2.24, 2.45) is 21.9 Å². The summed E-state index contributed by atoms with van der Waals surface area (Å²) in [6.07, 6.45) is 3.22. The third-order valence-corrected chi connectivity index (χ3v) is 8.49. The minimum atomic E-state index is -0.546. The van der Waals surface area contributed by atoms with Crippen LogP contribution in [0.2, 0.25) is 0 Å². The maximum Gasteiger partial charge on any atom is 0.356 e. The molecule has 0 N–H and O–H groups in total. The van der Waals surface area contributed by atoms with Gasteiger partial charge in [0.25, 0.3) is 0 Å². The molecule has 8 heteroatoms. The van der Waals surface area contributed by atoms with E-state index in [0.29, 0.717) is 12.3 Å². The highest BCUT2D eigenvalue weighted by Gasteiger charge is 2.50. The largest absolute Gasteiger partial charge is 0.461 e. The molecular weight excluding hydrogens is 502 g/mol. The van der Waals surface area contributed by atoms with Gasteiger partial charge in [-0.1, -0.05) is 39.0 Å². The summed E-state index contributed by atoms with van der Waals surface area (Å²) in [7, 11) is 0. The second-order valence-corrected chi connectivity index (χ2v) is 11.4. The number of carbonyl (C=O) groups is 1. The minimum absolute atomic E-state index is 0.118. The molecule has 2 aromatic carbocycles. The average molecular weight is 542 g/mol. The molecular formula is C32H39N5O3. The highest BCUT2D eigenvalue weighted by atomic mass is 16.5. The summed E-state index contributed by atoms with van der Waals surface area (Å²) in [6.45, 7) is 14.1. The number of amidine groups is 1. The van der Waals surface area contributed by atoms with E-state index in [1.54, 1.807) is 0 Å². The van der Waals surface area contributed by atoms with Crippen LogP contribution in [0.3, 0.4) is 0 Å². The van der Waals surface area contributed by atoms with Crippen molar-refractivity contribution in [1.82, 2.24) is 0 Å². The van der Waals surface area contributed by atoms with E-state index < -0.39 is 11.4 Å². The van der Waals surface area contributed by atoms with Crippen molar-refractivity contribution >= 4 is 34.6 Å². The highest BCUT2D eigenvalue weighted by Crippen LogP contribution is 2.46. The van der Waals surface area contributed by atoms with Crippen LogP contribution < -0.4 is 14.8 Å². The number of carbonyl (C=O) groups excluding carboxylic acids is 1. The van der Waals surface area contributed by atoms with Gasteiger partial charge in [0.2, 0.25) is 0 Å². The Bertz CT molecular complexity index is 1350. The summed E-state index contributed by atoms with van der Waals surface area (Å²) in [4.78, 5) is 22.8. The molecule has 0 amide bonds. The number of aliphatic imine (C=N–C) groups is 1. The molecule has 4 heterocycles. The molecule has 0 aromatic heterocycles. The molecule has 0 aliphatic carbocycles. The van der Waals surface area contributed by atoms with E-state index >= 15 is 0 Å². The predicted octanol–water partition coefficient (Wildman–Crippen LogP) is 5.00. The Kier molecular flexibility index (Phi) is 7.13. The number of hydrazone groups is 1. The molecule has 210 valence electrons. The zero-order valence-corrected chi connectivity index (χ0v) is 24.0. The van der Waals surface area contributed by atoms with Crippen LogP contribution in [0.4, 0.5) is 17.1 Å². The molecule has 0 saturated carbocycles. The van der Waals surface area contributed by atoms with E-state index in [4.69, 9.17) is 19.6 Å². The molecule has 8 nitrogen and oxygen atoms in total.